The van der Waals surface area contributed by atoms with Gasteiger partial charge in [0.25, 0.3) is 17.7 Å². The van der Waals surface area contributed by atoms with Crippen LogP contribution in [-0.2, 0) is 0 Å². The fourth-order valence-electron chi connectivity index (χ4n) is 2.82. The lowest BCUT2D eigenvalue weighted by atomic mass is 10.1. The molecule has 9 heteroatoms. The molecule has 3 N–H and O–H groups in total. The minimum Gasteiger partial charge on any atom is -0.497 e. The predicted octanol–water partition coefficient (Wildman–Crippen LogP) is 3.68. The number of halogens is 1. The van der Waals surface area contributed by atoms with Gasteiger partial charge in [0.1, 0.15) is 11.5 Å². The molecule has 164 valence electrons. The van der Waals surface area contributed by atoms with E-state index in [9.17, 15) is 14.4 Å². The summed E-state index contributed by atoms with van der Waals surface area (Å²) in [6, 6.07) is 17.4. The summed E-state index contributed by atoms with van der Waals surface area (Å²) in [5.74, 6) is -0.634. The maximum absolute atomic E-state index is 12.6. The molecule has 0 bridgehead atoms. The monoisotopic (exact) mass is 453 g/mol. The van der Waals surface area contributed by atoms with Crippen molar-refractivity contribution in [2.75, 3.05) is 19.5 Å². The summed E-state index contributed by atoms with van der Waals surface area (Å²) in [6.07, 6.45) is 0. The lowest BCUT2D eigenvalue weighted by Gasteiger charge is -2.11. The van der Waals surface area contributed by atoms with Crippen molar-refractivity contribution >= 4 is 35.0 Å². The third-order valence-electron chi connectivity index (χ3n) is 4.41. The van der Waals surface area contributed by atoms with Gasteiger partial charge in [-0.15, -0.1) is 0 Å². The summed E-state index contributed by atoms with van der Waals surface area (Å²) in [4.78, 5) is 37.3. The number of carbonyl (C=O) groups is 3. The first-order valence-electron chi connectivity index (χ1n) is 9.41. The zero-order valence-electron chi connectivity index (χ0n) is 17.3. The summed E-state index contributed by atoms with van der Waals surface area (Å²) in [5, 5.41) is 3.09. The molecule has 3 aromatic carbocycles. The standard InChI is InChI=1S/C23H20ClN3O5/c1-31-18-8-4-6-15(12-18)22(29)27-26-21(28)14-5-3-7-17(11-14)25-23(30)19-13-16(24)9-10-20(19)32-2/h3-13H,1-2H3,(H,25,30)(H,26,28)(H,27,29). The lowest BCUT2D eigenvalue weighted by Crippen LogP contribution is -2.41. The summed E-state index contributed by atoms with van der Waals surface area (Å²) < 4.78 is 10.3. The molecule has 0 heterocycles. The second-order valence-corrected chi connectivity index (χ2v) is 6.96. The van der Waals surface area contributed by atoms with Crippen LogP contribution in [0.15, 0.2) is 66.7 Å². The van der Waals surface area contributed by atoms with E-state index < -0.39 is 17.7 Å². The van der Waals surface area contributed by atoms with Crippen molar-refractivity contribution in [1.82, 2.24) is 10.9 Å². The number of hydrogen-bond acceptors (Lipinski definition) is 5. The minimum atomic E-state index is -0.558. The number of nitrogens with one attached hydrogen (secondary N) is 3. The molecular weight excluding hydrogens is 434 g/mol. The van der Waals surface area contributed by atoms with E-state index in [1.165, 1.54) is 26.4 Å². The maximum atomic E-state index is 12.6. The summed E-state index contributed by atoms with van der Waals surface area (Å²) >= 11 is 5.98. The van der Waals surface area contributed by atoms with Crippen LogP contribution in [0.5, 0.6) is 11.5 Å². The van der Waals surface area contributed by atoms with Crippen LogP contribution >= 0.6 is 11.6 Å². The van der Waals surface area contributed by atoms with Crippen molar-refractivity contribution in [3.8, 4) is 11.5 Å². The van der Waals surface area contributed by atoms with Crippen molar-refractivity contribution in [2.45, 2.75) is 0 Å². The molecule has 0 saturated carbocycles. The van der Waals surface area contributed by atoms with E-state index in [4.69, 9.17) is 21.1 Å². The molecule has 32 heavy (non-hydrogen) atoms. The molecule has 3 rings (SSSR count). The van der Waals surface area contributed by atoms with E-state index in [1.807, 2.05) is 0 Å². The van der Waals surface area contributed by atoms with Crippen LogP contribution in [0.4, 0.5) is 5.69 Å². The fraction of sp³-hybridized carbons (Fsp3) is 0.0870. The first kappa shape index (κ1) is 22.6. The van der Waals surface area contributed by atoms with Crippen LogP contribution < -0.4 is 25.6 Å². The van der Waals surface area contributed by atoms with Crippen LogP contribution in [0.3, 0.4) is 0 Å². The topological polar surface area (TPSA) is 106 Å². The van der Waals surface area contributed by atoms with Crippen molar-refractivity contribution < 1.29 is 23.9 Å². The molecule has 0 spiro atoms. The molecule has 0 radical (unpaired) electrons. The molecule has 0 saturated heterocycles. The van der Waals surface area contributed by atoms with Crippen LogP contribution in [0, 0.1) is 0 Å². The lowest BCUT2D eigenvalue weighted by molar-refractivity contribution is 0.0846. The van der Waals surface area contributed by atoms with Gasteiger partial charge in [-0.3, -0.25) is 25.2 Å². The third-order valence-corrected chi connectivity index (χ3v) is 4.65. The SMILES string of the molecule is COc1cccc(C(=O)NNC(=O)c2cccc(NC(=O)c3cc(Cl)ccc3OC)c2)c1. The number of hydrogen-bond donors (Lipinski definition) is 3. The predicted molar refractivity (Wildman–Crippen MR) is 120 cm³/mol. The van der Waals surface area contributed by atoms with Gasteiger partial charge < -0.3 is 14.8 Å². The molecule has 3 aromatic rings. The Morgan fingerprint density at radius 3 is 2.06 bits per heavy atom. The number of benzene rings is 3. The number of hydrazine groups is 1. The van der Waals surface area contributed by atoms with E-state index in [0.29, 0.717) is 27.8 Å². The van der Waals surface area contributed by atoms with E-state index >= 15 is 0 Å². The fourth-order valence-corrected chi connectivity index (χ4v) is 2.99. The second-order valence-electron chi connectivity index (χ2n) is 6.52. The Morgan fingerprint density at radius 2 is 1.41 bits per heavy atom. The van der Waals surface area contributed by atoms with Gasteiger partial charge >= 0.3 is 0 Å². The highest BCUT2D eigenvalue weighted by Crippen LogP contribution is 2.24. The van der Waals surface area contributed by atoms with Crippen LogP contribution in [0.25, 0.3) is 0 Å². The van der Waals surface area contributed by atoms with Gasteiger partial charge in [0, 0.05) is 21.8 Å². The zero-order chi connectivity index (χ0) is 23.1. The summed E-state index contributed by atoms with van der Waals surface area (Å²) in [7, 11) is 2.94. The molecule has 0 unspecified atom stereocenters. The second kappa shape index (κ2) is 10.3. The van der Waals surface area contributed by atoms with Crippen molar-refractivity contribution in [3.05, 3.63) is 88.4 Å². The molecule has 0 aliphatic carbocycles. The quantitative estimate of drug-likeness (QED) is 0.494. The zero-order valence-corrected chi connectivity index (χ0v) is 18.0. The van der Waals surface area contributed by atoms with E-state index in [-0.39, 0.29) is 11.1 Å². The Balaban J connectivity index is 1.66. The highest BCUT2D eigenvalue weighted by Gasteiger charge is 2.15. The van der Waals surface area contributed by atoms with E-state index in [1.54, 1.807) is 54.6 Å². The van der Waals surface area contributed by atoms with Gasteiger partial charge in [-0.1, -0.05) is 23.7 Å². The highest BCUT2D eigenvalue weighted by molar-refractivity contribution is 6.31. The molecule has 0 fully saturated rings. The van der Waals surface area contributed by atoms with Crippen LogP contribution in [0.1, 0.15) is 31.1 Å². The molecule has 0 aliphatic rings. The number of ether oxygens (including phenoxy) is 2. The van der Waals surface area contributed by atoms with E-state index in [0.717, 1.165) is 0 Å². The van der Waals surface area contributed by atoms with Gasteiger partial charge in [0.15, 0.2) is 0 Å². The number of anilines is 1. The first-order valence-corrected chi connectivity index (χ1v) is 9.78. The average Bonchev–Trinajstić information content (AvgIpc) is 2.82. The van der Waals surface area contributed by atoms with Gasteiger partial charge in [0.2, 0.25) is 0 Å². The Hall–Kier alpha value is -4.04. The molecular formula is C23H20ClN3O5. The summed E-state index contributed by atoms with van der Waals surface area (Å²) in [6.45, 7) is 0. The van der Waals surface area contributed by atoms with Gasteiger partial charge in [-0.05, 0) is 54.6 Å². The van der Waals surface area contributed by atoms with Gasteiger partial charge in [0.05, 0.1) is 19.8 Å². The average molecular weight is 454 g/mol. The molecule has 0 atom stereocenters. The highest BCUT2D eigenvalue weighted by atomic mass is 35.5. The van der Waals surface area contributed by atoms with Crippen LogP contribution in [-0.4, -0.2) is 31.9 Å². The maximum Gasteiger partial charge on any atom is 0.269 e. The van der Waals surface area contributed by atoms with Crippen molar-refractivity contribution in [3.63, 3.8) is 0 Å². The molecule has 8 nitrogen and oxygen atoms in total. The first-order chi connectivity index (χ1) is 15.4. The Morgan fingerprint density at radius 1 is 0.750 bits per heavy atom. The van der Waals surface area contributed by atoms with Gasteiger partial charge in [-0.2, -0.15) is 0 Å². The van der Waals surface area contributed by atoms with E-state index in [2.05, 4.69) is 16.2 Å². The smallest absolute Gasteiger partial charge is 0.269 e. The summed E-state index contributed by atoms with van der Waals surface area (Å²) in [5.41, 5.74) is 5.86. The number of amides is 3. The normalized spacial score (nSPS) is 10.1. The number of methoxy groups -OCH3 is 2. The molecule has 3 amide bonds. The Bertz CT molecular complexity index is 1170. The number of rotatable bonds is 6. The molecule has 0 aliphatic heterocycles. The Labute approximate surface area is 189 Å². The van der Waals surface area contributed by atoms with Crippen LogP contribution in [0.2, 0.25) is 5.02 Å². The number of carbonyl (C=O) groups excluding carboxylic acids is 3. The van der Waals surface area contributed by atoms with Crippen molar-refractivity contribution in [1.29, 1.82) is 0 Å². The largest absolute Gasteiger partial charge is 0.497 e. The van der Waals surface area contributed by atoms with Crippen molar-refractivity contribution in [2.24, 2.45) is 0 Å². The Kier molecular flexibility index (Phi) is 7.30. The van der Waals surface area contributed by atoms with Gasteiger partial charge in [-0.25, -0.2) is 0 Å². The minimum absolute atomic E-state index is 0.229. The molecule has 0 aromatic heterocycles. The third kappa shape index (κ3) is 5.55.